The lowest BCUT2D eigenvalue weighted by Gasteiger charge is -2.38. The van der Waals surface area contributed by atoms with Gasteiger partial charge in [0, 0.05) is 18.5 Å². The van der Waals surface area contributed by atoms with Crippen molar-refractivity contribution in [1.82, 2.24) is 14.9 Å². The Labute approximate surface area is 176 Å². The second-order valence-electron chi connectivity index (χ2n) is 7.57. The Bertz CT molecular complexity index is 1160. The first-order chi connectivity index (χ1) is 14.5. The fourth-order valence-electron chi connectivity index (χ4n) is 3.96. The molecule has 6 heteroatoms. The van der Waals surface area contributed by atoms with Crippen LogP contribution in [0, 0.1) is 25.2 Å². The van der Waals surface area contributed by atoms with E-state index in [0.717, 1.165) is 33.4 Å². The molecule has 2 heterocycles. The minimum atomic E-state index is -0.545. The molecule has 30 heavy (non-hydrogen) atoms. The lowest BCUT2D eigenvalue weighted by atomic mass is 9.97. The van der Waals surface area contributed by atoms with E-state index in [1.807, 2.05) is 0 Å². The highest BCUT2D eigenvalue weighted by Crippen LogP contribution is 2.32. The summed E-state index contributed by atoms with van der Waals surface area (Å²) >= 11 is 0. The number of piperazine rings is 1. The maximum absolute atomic E-state index is 12.1. The number of nitriles is 1. The fourth-order valence-corrected chi connectivity index (χ4v) is 3.96. The summed E-state index contributed by atoms with van der Waals surface area (Å²) in [5.74, 6) is 0.574. The van der Waals surface area contributed by atoms with Gasteiger partial charge in [0.1, 0.15) is 18.2 Å². The fraction of sp³-hybridized carbons (Fsp3) is 0.250. The number of rotatable bonds is 3. The lowest BCUT2D eigenvalue weighted by Crippen LogP contribution is -2.54. The van der Waals surface area contributed by atoms with Gasteiger partial charge in [-0.2, -0.15) is 5.26 Å². The molecule has 1 saturated heterocycles. The molecule has 0 saturated carbocycles. The van der Waals surface area contributed by atoms with E-state index in [0.29, 0.717) is 19.6 Å². The van der Waals surface area contributed by atoms with Crippen molar-refractivity contribution in [2.45, 2.75) is 19.9 Å². The van der Waals surface area contributed by atoms with Gasteiger partial charge in [0.2, 0.25) is 5.91 Å². The van der Waals surface area contributed by atoms with E-state index in [9.17, 15) is 10.1 Å². The van der Waals surface area contributed by atoms with Crippen molar-refractivity contribution in [2.75, 3.05) is 24.5 Å². The molecule has 1 fully saturated rings. The van der Waals surface area contributed by atoms with Crippen molar-refractivity contribution in [1.29, 1.82) is 5.26 Å². The summed E-state index contributed by atoms with van der Waals surface area (Å²) in [6, 6.07) is 14.4. The summed E-state index contributed by atoms with van der Waals surface area (Å²) in [6.07, 6.45) is 2.82. The first-order valence-corrected chi connectivity index (χ1v) is 9.92. The number of hydrogen-bond donors (Lipinski definition) is 0. The Hall–Kier alpha value is -3.72. The van der Waals surface area contributed by atoms with Gasteiger partial charge in [0.25, 0.3) is 0 Å². The number of carbonyl (C=O) groups is 1. The molecular formula is C24H23N5O. The molecule has 1 unspecified atom stereocenters. The Morgan fingerprint density at radius 2 is 1.97 bits per heavy atom. The molecule has 4 rings (SSSR count). The molecule has 3 aromatic rings. The SMILES string of the molecule is C=CC(=O)N1CCN(c2ncnc3cc(C)c(-c4ccc(C)cc4)cc23)CC1C#N. The summed E-state index contributed by atoms with van der Waals surface area (Å²) in [5, 5.41) is 10.5. The topological polar surface area (TPSA) is 73.1 Å². The number of amides is 1. The maximum Gasteiger partial charge on any atom is 0.247 e. The monoisotopic (exact) mass is 397 g/mol. The average Bonchev–Trinajstić information content (AvgIpc) is 2.78. The van der Waals surface area contributed by atoms with Crippen LogP contribution in [0.3, 0.4) is 0 Å². The second-order valence-corrected chi connectivity index (χ2v) is 7.57. The zero-order valence-electron chi connectivity index (χ0n) is 17.2. The van der Waals surface area contributed by atoms with Crippen LogP contribution in [0.4, 0.5) is 5.82 Å². The first kappa shape index (κ1) is 19.6. The Morgan fingerprint density at radius 3 is 2.67 bits per heavy atom. The number of aryl methyl sites for hydroxylation is 2. The third-order valence-corrected chi connectivity index (χ3v) is 5.61. The van der Waals surface area contributed by atoms with E-state index in [2.05, 4.69) is 77.8 Å². The largest absolute Gasteiger partial charge is 0.351 e. The van der Waals surface area contributed by atoms with Crippen molar-refractivity contribution in [3.05, 3.63) is 66.5 Å². The number of anilines is 1. The van der Waals surface area contributed by atoms with E-state index in [4.69, 9.17) is 0 Å². The summed E-state index contributed by atoms with van der Waals surface area (Å²) < 4.78 is 0. The van der Waals surface area contributed by atoms with Gasteiger partial charge in [-0.05, 0) is 48.7 Å². The molecule has 1 aliphatic rings. The van der Waals surface area contributed by atoms with Crippen LogP contribution in [-0.2, 0) is 4.79 Å². The van der Waals surface area contributed by atoms with Crippen LogP contribution in [0.5, 0.6) is 0 Å². The molecule has 0 N–H and O–H groups in total. The van der Waals surface area contributed by atoms with Gasteiger partial charge in [0.05, 0.1) is 18.1 Å². The third-order valence-electron chi connectivity index (χ3n) is 5.61. The normalized spacial score (nSPS) is 16.4. The highest BCUT2D eigenvalue weighted by Gasteiger charge is 2.30. The molecule has 0 aliphatic carbocycles. The Morgan fingerprint density at radius 1 is 1.20 bits per heavy atom. The Kier molecular flexibility index (Phi) is 5.20. The summed E-state index contributed by atoms with van der Waals surface area (Å²) in [7, 11) is 0. The predicted octanol–water partition coefficient (Wildman–Crippen LogP) is 3.64. The number of benzene rings is 2. The van der Waals surface area contributed by atoms with Gasteiger partial charge >= 0.3 is 0 Å². The van der Waals surface area contributed by atoms with E-state index in [1.165, 1.54) is 11.6 Å². The second kappa shape index (κ2) is 7.96. The average molecular weight is 397 g/mol. The maximum atomic E-state index is 12.1. The molecular weight excluding hydrogens is 374 g/mol. The highest BCUT2D eigenvalue weighted by molar-refractivity contribution is 5.94. The summed E-state index contributed by atoms with van der Waals surface area (Å²) in [5.41, 5.74) is 5.51. The molecule has 1 aromatic heterocycles. The van der Waals surface area contributed by atoms with Crippen LogP contribution in [0.2, 0.25) is 0 Å². The quantitative estimate of drug-likeness (QED) is 0.631. The Balaban J connectivity index is 1.76. The van der Waals surface area contributed by atoms with Crippen molar-refractivity contribution < 1.29 is 4.79 Å². The molecule has 0 spiro atoms. The molecule has 1 atom stereocenters. The summed E-state index contributed by atoms with van der Waals surface area (Å²) in [6.45, 7) is 9.14. The van der Waals surface area contributed by atoms with E-state index in [-0.39, 0.29) is 5.91 Å². The van der Waals surface area contributed by atoms with Crippen molar-refractivity contribution in [3.63, 3.8) is 0 Å². The highest BCUT2D eigenvalue weighted by atomic mass is 16.2. The van der Waals surface area contributed by atoms with Crippen LogP contribution in [0.25, 0.3) is 22.0 Å². The minimum absolute atomic E-state index is 0.217. The van der Waals surface area contributed by atoms with Crippen LogP contribution in [0.1, 0.15) is 11.1 Å². The summed E-state index contributed by atoms with van der Waals surface area (Å²) in [4.78, 5) is 24.7. The molecule has 1 aliphatic heterocycles. The van der Waals surface area contributed by atoms with Gasteiger partial charge in [0.15, 0.2) is 0 Å². The van der Waals surface area contributed by atoms with Crippen LogP contribution < -0.4 is 4.90 Å². The lowest BCUT2D eigenvalue weighted by molar-refractivity contribution is -0.127. The van der Waals surface area contributed by atoms with Crippen molar-refractivity contribution >= 4 is 22.6 Å². The molecule has 2 aromatic carbocycles. The number of carbonyl (C=O) groups excluding carboxylic acids is 1. The first-order valence-electron chi connectivity index (χ1n) is 9.92. The number of fused-ring (bicyclic) bond motifs is 1. The molecule has 0 radical (unpaired) electrons. The van der Waals surface area contributed by atoms with Gasteiger partial charge in [-0.15, -0.1) is 0 Å². The standard InChI is InChI=1S/C24H23N5O/c1-4-23(30)29-10-9-28(14-19(29)13-25)24-21-12-20(18-7-5-16(2)6-8-18)17(3)11-22(21)26-15-27-24/h4-8,11-12,15,19H,1,9-10,14H2,2-3H3. The van der Waals surface area contributed by atoms with E-state index >= 15 is 0 Å². The third kappa shape index (κ3) is 3.50. The molecule has 0 bridgehead atoms. The minimum Gasteiger partial charge on any atom is -0.351 e. The van der Waals surface area contributed by atoms with Crippen molar-refractivity contribution in [2.24, 2.45) is 0 Å². The van der Waals surface area contributed by atoms with Gasteiger partial charge < -0.3 is 9.80 Å². The molecule has 6 nitrogen and oxygen atoms in total. The zero-order chi connectivity index (χ0) is 21.3. The van der Waals surface area contributed by atoms with Gasteiger partial charge in [-0.25, -0.2) is 9.97 Å². The zero-order valence-corrected chi connectivity index (χ0v) is 17.2. The van der Waals surface area contributed by atoms with Gasteiger partial charge in [-0.1, -0.05) is 36.4 Å². The van der Waals surface area contributed by atoms with Crippen molar-refractivity contribution in [3.8, 4) is 17.2 Å². The van der Waals surface area contributed by atoms with Crippen LogP contribution in [0.15, 0.2) is 55.4 Å². The van der Waals surface area contributed by atoms with E-state index in [1.54, 1.807) is 11.2 Å². The smallest absolute Gasteiger partial charge is 0.247 e. The molecule has 1 amide bonds. The van der Waals surface area contributed by atoms with Gasteiger partial charge in [-0.3, -0.25) is 4.79 Å². The molecule has 150 valence electrons. The number of aromatic nitrogens is 2. The predicted molar refractivity (Wildman–Crippen MR) is 118 cm³/mol. The van der Waals surface area contributed by atoms with E-state index < -0.39 is 6.04 Å². The number of nitrogens with zero attached hydrogens (tertiary/aromatic N) is 5. The number of hydrogen-bond acceptors (Lipinski definition) is 5. The van der Waals surface area contributed by atoms with Crippen LogP contribution >= 0.6 is 0 Å². The van der Waals surface area contributed by atoms with Crippen LogP contribution in [-0.4, -0.2) is 46.5 Å².